The lowest BCUT2D eigenvalue weighted by molar-refractivity contribution is -0.151. The summed E-state index contributed by atoms with van der Waals surface area (Å²) in [6.45, 7) is 12.9. The van der Waals surface area contributed by atoms with Crippen LogP contribution in [0.25, 0.3) is 0 Å². The van der Waals surface area contributed by atoms with E-state index in [0.29, 0.717) is 17.1 Å². The van der Waals surface area contributed by atoms with Crippen LogP contribution in [0.1, 0.15) is 46.5 Å². The van der Waals surface area contributed by atoms with Gasteiger partial charge < -0.3 is 9.47 Å². The average molecular weight is 294 g/mol. The Balaban J connectivity index is 2.69. The molecule has 1 aliphatic rings. The van der Waals surface area contributed by atoms with E-state index in [2.05, 4.69) is 13.2 Å². The van der Waals surface area contributed by atoms with E-state index in [-0.39, 0.29) is 18.6 Å². The molecular formula is C17H26O4. The molecule has 0 atom stereocenters. The van der Waals surface area contributed by atoms with Gasteiger partial charge in [-0.05, 0) is 32.6 Å². The van der Waals surface area contributed by atoms with Crippen molar-refractivity contribution in [1.82, 2.24) is 0 Å². The molecule has 118 valence electrons. The molecule has 0 bridgehead atoms. The fourth-order valence-corrected chi connectivity index (χ4v) is 2.61. The Hall–Kier alpha value is -1.58. The second-order valence-electron chi connectivity index (χ2n) is 6.35. The first-order chi connectivity index (χ1) is 9.76. The molecule has 0 radical (unpaired) electrons. The zero-order valence-corrected chi connectivity index (χ0v) is 13.4. The summed E-state index contributed by atoms with van der Waals surface area (Å²) in [6.07, 6.45) is 4.49. The van der Waals surface area contributed by atoms with Crippen molar-refractivity contribution in [3.8, 4) is 0 Å². The standard InChI is InChI=1S/C17H26O4/c1-12(2)15(18)20-10-17(5,14-8-6-7-9-14)11-21-16(19)13(3)4/h14H,1,3,6-11H2,2,4-5H3. The van der Waals surface area contributed by atoms with Crippen LogP contribution < -0.4 is 0 Å². The molecule has 0 heterocycles. The molecule has 21 heavy (non-hydrogen) atoms. The van der Waals surface area contributed by atoms with Crippen LogP contribution >= 0.6 is 0 Å². The van der Waals surface area contributed by atoms with E-state index < -0.39 is 11.9 Å². The number of esters is 2. The molecule has 0 N–H and O–H groups in total. The third-order valence-electron chi connectivity index (χ3n) is 4.10. The van der Waals surface area contributed by atoms with Crippen molar-refractivity contribution in [2.24, 2.45) is 11.3 Å². The molecule has 0 amide bonds. The lowest BCUT2D eigenvalue weighted by Crippen LogP contribution is -2.37. The van der Waals surface area contributed by atoms with Crippen molar-refractivity contribution < 1.29 is 19.1 Å². The van der Waals surface area contributed by atoms with Gasteiger partial charge in [-0.15, -0.1) is 0 Å². The number of ether oxygens (including phenoxy) is 2. The van der Waals surface area contributed by atoms with Crippen molar-refractivity contribution in [2.75, 3.05) is 13.2 Å². The molecule has 0 saturated heterocycles. The highest BCUT2D eigenvalue weighted by atomic mass is 16.5. The molecule has 0 aromatic heterocycles. The molecule has 4 nitrogen and oxygen atoms in total. The molecule has 0 aromatic rings. The van der Waals surface area contributed by atoms with Crippen molar-refractivity contribution in [3.63, 3.8) is 0 Å². The van der Waals surface area contributed by atoms with Gasteiger partial charge in [0.1, 0.15) is 13.2 Å². The van der Waals surface area contributed by atoms with Crippen molar-refractivity contribution >= 4 is 11.9 Å². The minimum atomic E-state index is -0.398. The van der Waals surface area contributed by atoms with Crippen molar-refractivity contribution in [3.05, 3.63) is 24.3 Å². The van der Waals surface area contributed by atoms with Crippen LogP contribution in [0.2, 0.25) is 0 Å². The minimum absolute atomic E-state index is 0.243. The summed E-state index contributed by atoms with van der Waals surface area (Å²) in [5.41, 5.74) is 0.401. The van der Waals surface area contributed by atoms with E-state index in [1.54, 1.807) is 13.8 Å². The van der Waals surface area contributed by atoms with Gasteiger partial charge in [-0.25, -0.2) is 9.59 Å². The van der Waals surface area contributed by atoms with E-state index in [0.717, 1.165) is 12.8 Å². The van der Waals surface area contributed by atoms with Crippen LogP contribution in [-0.2, 0) is 19.1 Å². The van der Waals surface area contributed by atoms with Gasteiger partial charge in [-0.2, -0.15) is 0 Å². The molecule has 1 rings (SSSR count). The molecule has 0 spiro atoms. The summed E-state index contributed by atoms with van der Waals surface area (Å²) >= 11 is 0. The molecule has 0 aromatic carbocycles. The Kier molecular flexibility index (Phi) is 6.19. The normalized spacial score (nSPS) is 15.6. The SMILES string of the molecule is C=C(C)C(=O)OCC(C)(COC(=O)C(=C)C)C1CCCC1. The Morgan fingerprint density at radius 3 is 1.71 bits per heavy atom. The van der Waals surface area contributed by atoms with Crippen LogP contribution in [0.5, 0.6) is 0 Å². The lowest BCUT2D eigenvalue weighted by Gasteiger charge is -2.34. The smallest absolute Gasteiger partial charge is 0.333 e. The lowest BCUT2D eigenvalue weighted by atomic mass is 9.77. The van der Waals surface area contributed by atoms with E-state index in [1.165, 1.54) is 12.8 Å². The van der Waals surface area contributed by atoms with Crippen molar-refractivity contribution in [1.29, 1.82) is 0 Å². The summed E-state index contributed by atoms with van der Waals surface area (Å²) in [5, 5.41) is 0. The molecule has 1 saturated carbocycles. The fraction of sp³-hybridized carbons (Fsp3) is 0.647. The molecular weight excluding hydrogens is 268 g/mol. The zero-order chi connectivity index (χ0) is 16.0. The van der Waals surface area contributed by atoms with Crippen LogP contribution in [-0.4, -0.2) is 25.2 Å². The fourth-order valence-electron chi connectivity index (χ4n) is 2.61. The predicted octanol–water partition coefficient (Wildman–Crippen LogP) is 3.42. The van der Waals surface area contributed by atoms with Crippen LogP contribution in [0.15, 0.2) is 24.3 Å². The number of carbonyl (C=O) groups is 2. The molecule has 0 unspecified atom stereocenters. The Labute approximate surface area is 127 Å². The number of hydrogen-bond donors (Lipinski definition) is 0. The highest BCUT2D eigenvalue weighted by molar-refractivity contribution is 5.87. The summed E-state index contributed by atoms with van der Waals surface area (Å²) in [5.74, 6) is -0.399. The van der Waals surface area contributed by atoms with Gasteiger partial charge >= 0.3 is 11.9 Å². The van der Waals surface area contributed by atoms with Crippen LogP contribution in [0.4, 0.5) is 0 Å². The summed E-state index contributed by atoms with van der Waals surface area (Å²) < 4.78 is 10.6. The van der Waals surface area contributed by atoms with Gasteiger partial charge in [0.2, 0.25) is 0 Å². The maximum atomic E-state index is 11.6. The number of carbonyl (C=O) groups excluding carboxylic acids is 2. The topological polar surface area (TPSA) is 52.6 Å². The highest BCUT2D eigenvalue weighted by Gasteiger charge is 2.38. The Morgan fingerprint density at radius 2 is 1.38 bits per heavy atom. The zero-order valence-electron chi connectivity index (χ0n) is 13.4. The summed E-state index contributed by atoms with van der Waals surface area (Å²) in [6, 6.07) is 0. The first-order valence-electron chi connectivity index (χ1n) is 7.41. The predicted molar refractivity (Wildman–Crippen MR) is 81.6 cm³/mol. The van der Waals surface area contributed by atoms with E-state index >= 15 is 0 Å². The van der Waals surface area contributed by atoms with Gasteiger partial charge in [0.25, 0.3) is 0 Å². The number of rotatable bonds is 7. The quantitative estimate of drug-likeness (QED) is 0.533. The summed E-state index contributed by atoms with van der Waals surface area (Å²) in [4.78, 5) is 23.2. The van der Waals surface area contributed by atoms with Gasteiger partial charge in [0, 0.05) is 16.6 Å². The van der Waals surface area contributed by atoms with E-state index in [4.69, 9.17) is 9.47 Å². The van der Waals surface area contributed by atoms with Gasteiger partial charge in [0.05, 0.1) is 0 Å². The largest absolute Gasteiger partial charge is 0.462 e. The molecule has 1 fully saturated rings. The Morgan fingerprint density at radius 1 is 1.00 bits per heavy atom. The minimum Gasteiger partial charge on any atom is -0.462 e. The summed E-state index contributed by atoms with van der Waals surface area (Å²) in [7, 11) is 0. The van der Waals surface area contributed by atoms with Crippen molar-refractivity contribution in [2.45, 2.75) is 46.5 Å². The third kappa shape index (κ3) is 5.03. The van der Waals surface area contributed by atoms with E-state index in [9.17, 15) is 9.59 Å². The van der Waals surface area contributed by atoms with E-state index in [1.807, 2.05) is 6.92 Å². The van der Waals surface area contributed by atoms with Crippen LogP contribution in [0, 0.1) is 11.3 Å². The monoisotopic (exact) mass is 294 g/mol. The number of hydrogen-bond acceptors (Lipinski definition) is 4. The molecule has 1 aliphatic carbocycles. The first kappa shape index (κ1) is 17.5. The second kappa shape index (κ2) is 7.43. The maximum Gasteiger partial charge on any atom is 0.333 e. The third-order valence-corrected chi connectivity index (χ3v) is 4.10. The average Bonchev–Trinajstić information content (AvgIpc) is 2.96. The highest BCUT2D eigenvalue weighted by Crippen LogP contribution is 2.40. The van der Waals surface area contributed by atoms with Gasteiger partial charge in [0.15, 0.2) is 0 Å². The first-order valence-corrected chi connectivity index (χ1v) is 7.41. The van der Waals surface area contributed by atoms with Gasteiger partial charge in [-0.1, -0.05) is 32.9 Å². The molecule has 0 aliphatic heterocycles. The maximum absolute atomic E-state index is 11.6. The Bertz CT molecular complexity index is 400. The van der Waals surface area contributed by atoms with Crippen LogP contribution in [0.3, 0.4) is 0 Å². The second-order valence-corrected chi connectivity index (χ2v) is 6.35. The molecule has 4 heteroatoms. The van der Waals surface area contributed by atoms with Gasteiger partial charge in [-0.3, -0.25) is 0 Å².